The summed E-state index contributed by atoms with van der Waals surface area (Å²) in [6.07, 6.45) is 5.89. The molecular formula is C28H34N4O7S. The van der Waals surface area contributed by atoms with Crippen molar-refractivity contribution in [2.75, 3.05) is 38.3 Å². The van der Waals surface area contributed by atoms with E-state index in [0.29, 0.717) is 29.2 Å². The molecule has 1 amide bonds. The third kappa shape index (κ3) is 7.70. The Hall–Kier alpha value is -4.16. The van der Waals surface area contributed by atoms with Crippen LogP contribution in [-0.4, -0.2) is 57.5 Å². The number of sulfonamides is 1. The van der Waals surface area contributed by atoms with Crippen LogP contribution in [0.5, 0.6) is 5.75 Å². The highest BCUT2D eigenvalue weighted by atomic mass is 32.2. The molecule has 0 saturated heterocycles. The van der Waals surface area contributed by atoms with E-state index in [-0.39, 0.29) is 23.2 Å². The van der Waals surface area contributed by atoms with Gasteiger partial charge in [-0.25, -0.2) is 13.2 Å². The Morgan fingerprint density at radius 1 is 1.05 bits per heavy atom. The summed E-state index contributed by atoms with van der Waals surface area (Å²) < 4.78 is 38.0. The van der Waals surface area contributed by atoms with Gasteiger partial charge in [-0.15, -0.1) is 0 Å². The molecule has 3 rings (SSSR count). The van der Waals surface area contributed by atoms with Crippen molar-refractivity contribution in [3.8, 4) is 11.4 Å². The monoisotopic (exact) mass is 570 g/mol. The van der Waals surface area contributed by atoms with Gasteiger partial charge in [0.05, 0.1) is 25.7 Å². The van der Waals surface area contributed by atoms with Crippen LogP contribution in [0.1, 0.15) is 47.8 Å². The Morgan fingerprint density at radius 3 is 2.35 bits per heavy atom. The van der Waals surface area contributed by atoms with Crippen molar-refractivity contribution >= 4 is 33.8 Å². The van der Waals surface area contributed by atoms with E-state index in [1.807, 2.05) is 26.8 Å². The summed E-state index contributed by atoms with van der Waals surface area (Å²) in [5, 5.41) is 2.75. The molecule has 0 aliphatic carbocycles. The molecule has 1 aromatic heterocycles. The molecule has 3 N–H and O–H groups in total. The first-order valence-corrected chi connectivity index (χ1v) is 14.2. The van der Waals surface area contributed by atoms with E-state index in [0.717, 1.165) is 11.8 Å². The summed E-state index contributed by atoms with van der Waals surface area (Å²) in [6.45, 7) is 6.60. The number of carbonyl (C=O) groups excluding carboxylic acids is 1. The highest BCUT2D eigenvalue weighted by molar-refractivity contribution is 7.92. The Kier molecular flexibility index (Phi) is 9.38. The minimum Gasteiger partial charge on any atom is -0.496 e. The molecule has 0 saturated carbocycles. The number of H-pyrrole nitrogens is 1. The highest BCUT2D eigenvalue weighted by Crippen LogP contribution is 2.37. The van der Waals surface area contributed by atoms with Crippen LogP contribution in [0.2, 0.25) is 0 Å². The normalized spacial score (nSPS) is 11.9. The molecule has 0 bridgehead atoms. The van der Waals surface area contributed by atoms with Crippen molar-refractivity contribution in [1.29, 1.82) is 0 Å². The average Bonchev–Trinajstić information content (AvgIpc) is 2.86. The van der Waals surface area contributed by atoms with E-state index < -0.39 is 27.2 Å². The largest absolute Gasteiger partial charge is 0.496 e. The van der Waals surface area contributed by atoms with Crippen molar-refractivity contribution in [3.63, 3.8) is 0 Å². The fourth-order valence-electron chi connectivity index (χ4n) is 4.02. The lowest BCUT2D eigenvalue weighted by Crippen LogP contribution is -2.28. The highest BCUT2D eigenvalue weighted by Gasteiger charge is 2.23. The summed E-state index contributed by atoms with van der Waals surface area (Å²) >= 11 is 0. The van der Waals surface area contributed by atoms with Gasteiger partial charge in [-0.3, -0.25) is 23.9 Å². The summed E-state index contributed by atoms with van der Waals surface area (Å²) in [6, 6.07) is 9.47. The summed E-state index contributed by atoms with van der Waals surface area (Å²) in [5.41, 5.74) is 1.47. The van der Waals surface area contributed by atoms with Gasteiger partial charge in [-0.05, 0) is 35.2 Å². The summed E-state index contributed by atoms with van der Waals surface area (Å²) in [5.74, 6) is 0.163. The first-order valence-electron chi connectivity index (χ1n) is 12.4. The number of methoxy groups -OCH3 is 2. The second-order valence-electron chi connectivity index (χ2n) is 10.1. The third-order valence-electron chi connectivity index (χ3n) is 5.85. The number of aromatic amines is 1. The number of rotatable bonds is 10. The molecule has 0 radical (unpaired) electrons. The molecule has 11 nitrogen and oxygen atoms in total. The van der Waals surface area contributed by atoms with Crippen LogP contribution in [0.15, 0.2) is 52.2 Å². The lowest BCUT2D eigenvalue weighted by atomic mass is 9.84. The molecule has 40 heavy (non-hydrogen) atoms. The number of amides is 1. The van der Waals surface area contributed by atoms with Crippen molar-refractivity contribution in [2.45, 2.75) is 26.2 Å². The molecule has 0 unspecified atom stereocenters. The summed E-state index contributed by atoms with van der Waals surface area (Å²) in [7, 11) is -0.491. The molecule has 1 heterocycles. The maximum Gasteiger partial charge on any atom is 0.332 e. The third-order valence-corrected chi connectivity index (χ3v) is 6.46. The number of aromatic nitrogens is 2. The minimum atomic E-state index is -3.56. The van der Waals surface area contributed by atoms with E-state index in [9.17, 15) is 22.8 Å². The van der Waals surface area contributed by atoms with E-state index >= 15 is 0 Å². The van der Waals surface area contributed by atoms with Crippen LogP contribution in [0, 0.1) is 0 Å². The minimum absolute atomic E-state index is 0.239. The molecule has 12 heteroatoms. The second-order valence-corrected chi connectivity index (χ2v) is 11.9. The molecule has 214 valence electrons. The van der Waals surface area contributed by atoms with Crippen LogP contribution >= 0.6 is 0 Å². The number of hydrogen-bond donors (Lipinski definition) is 3. The first-order chi connectivity index (χ1) is 18.7. The Labute approximate surface area is 232 Å². The van der Waals surface area contributed by atoms with Crippen molar-refractivity contribution < 1.29 is 22.7 Å². The predicted molar refractivity (Wildman–Crippen MR) is 156 cm³/mol. The molecule has 0 aliphatic heterocycles. The quantitative estimate of drug-likeness (QED) is 0.251. The molecule has 2 aromatic carbocycles. The smallest absolute Gasteiger partial charge is 0.332 e. The van der Waals surface area contributed by atoms with Crippen LogP contribution in [-0.2, 0) is 20.2 Å². The van der Waals surface area contributed by atoms with E-state index in [2.05, 4.69) is 15.0 Å². The van der Waals surface area contributed by atoms with Gasteiger partial charge in [-0.2, -0.15) is 0 Å². The Morgan fingerprint density at radius 2 is 1.75 bits per heavy atom. The van der Waals surface area contributed by atoms with E-state index in [1.165, 1.54) is 30.0 Å². The summed E-state index contributed by atoms with van der Waals surface area (Å²) in [4.78, 5) is 39.5. The van der Waals surface area contributed by atoms with Crippen LogP contribution in [0.3, 0.4) is 0 Å². The predicted octanol–water partition coefficient (Wildman–Crippen LogP) is 2.75. The zero-order valence-corrected chi connectivity index (χ0v) is 24.1. The number of ether oxygens (including phenoxy) is 2. The van der Waals surface area contributed by atoms with Gasteiger partial charge in [0.25, 0.3) is 11.5 Å². The van der Waals surface area contributed by atoms with Gasteiger partial charge in [-0.1, -0.05) is 39.0 Å². The zero-order valence-electron chi connectivity index (χ0n) is 23.3. The van der Waals surface area contributed by atoms with Crippen LogP contribution in [0.25, 0.3) is 17.8 Å². The fraction of sp³-hybridized carbons (Fsp3) is 0.321. The van der Waals surface area contributed by atoms with Gasteiger partial charge >= 0.3 is 5.69 Å². The fourth-order valence-corrected chi connectivity index (χ4v) is 4.58. The van der Waals surface area contributed by atoms with Crippen molar-refractivity contribution in [3.05, 3.63) is 85.7 Å². The average molecular weight is 571 g/mol. The molecule has 0 fully saturated rings. The van der Waals surface area contributed by atoms with Gasteiger partial charge in [0.2, 0.25) is 10.0 Å². The topological polar surface area (TPSA) is 149 Å². The second kappa shape index (κ2) is 12.3. The van der Waals surface area contributed by atoms with Crippen LogP contribution < -0.4 is 26.0 Å². The van der Waals surface area contributed by atoms with Gasteiger partial charge < -0.3 is 14.8 Å². The standard InChI is InChI=1S/C28H34N4O7S/c1-28(2,3)23-17-21(32-13-11-24(33)30-27(32)35)15-19(25(23)39-5)8-7-18-9-10-20(31-40(6,36)37)16-22(18)26(34)29-12-14-38-4/h7-11,13,15-17,31H,12,14H2,1-6H3,(H,29,34)(H,30,33,35). The molecule has 3 aromatic rings. The molecule has 0 spiro atoms. The van der Waals surface area contributed by atoms with Gasteiger partial charge in [0.15, 0.2) is 0 Å². The maximum atomic E-state index is 13.0. The van der Waals surface area contributed by atoms with E-state index in [4.69, 9.17) is 9.47 Å². The number of nitrogens with one attached hydrogen (secondary N) is 3. The van der Waals surface area contributed by atoms with E-state index in [1.54, 1.807) is 37.5 Å². The number of hydrogen-bond acceptors (Lipinski definition) is 7. The van der Waals surface area contributed by atoms with Crippen molar-refractivity contribution in [2.24, 2.45) is 0 Å². The number of benzene rings is 2. The lowest BCUT2D eigenvalue weighted by Gasteiger charge is -2.25. The molecular weight excluding hydrogens is 536 g/mol. The number of carbonyl (C=O) groups is 1. The Bertz CT molecular complexity index is 1650. The molecule has 0 aliphatic rings. The van der Waals surface area contributed by atoms with Gasteiger partial charge in [0, 0.05) is 48.3 Å². The number of anilines is 1. The van der Waals surface area contributed by atoms with Crippen molar-refractivity contribution in [1.82, 2.24) is 14.9 Å². The maximum absolute atomic E-state index is 13.0. The molecule has 0 atom stereocenters. The zero-order chi connectivity index (χ0) is 29.7. The van der Waals surface area contributed by atoms with Gasteiger partial charge in [0.1, 0.15) is 5.75 Å². The first kappa shape index (κ1) is 30.4. The number of nitrogens with zero attached hydrogens (tertiary/aromatic N) is 1. The van der Waals surface area contributed by atoms with Crippen LogP contribution in [0.4, 0.5) is 5.69 Å². The lowest BCUT2D eigenvalue weighted by molar-refractivity contribution is 0.0937. The SMILES string of the molecule is COCCNC(=O)c1cc(NS(C)(=O)=O)ccc1C=Cc1cc(-n2ccc(=O)[nH]c2=O)cc(C(C)(C)C)c1OC. The Balaban J connectivity index is 2.18.